The van der Waals surface area contributed by atoms with Crippen molar-refractivity contribution in [3.05, 3.63) is 77.0 Å². The van der Waals surface area contributed by atoms with Crippen LogP contribution in [-0.2, 0) is 0 Å². The zero-order chi connectivity index (χ0) is 23.1. The van der Waals surface area contributed by atoms with Crippen LogP contribution < -0.4 is 15.1 Å². The average Bonchev–Trinajstić information content (AvgIpc) is 3.36. The van der Waals surface area contributed by atoms with Crippen LogP contribution in [0.15, 0.2) is 59.1 Å². The number of rotatable bonds is 4. The fourth-order valence-corrected chi connectivity index (χ4v) is 5.94. The Morgan fingerprint density at radius 1 is 1.09 bits per heavy atom. The molecule has 4 heterocycles. The maximum Gasteiger partial charge on any atom is 0.174 e. The molecular formula is C26H29ClN4OS. The molecule has 4 atom stereocenters. The van der Waals surface area contributed by atoms with Gasteiger partial charge in [0.05, 0.1) is 22.4 Å². The Balaban J connectivity index is 1.51. The van der Waals surface area contributed by atoms with Crippen LogP contribution in [0.3, 0.4) is 0 Å². The van der Waals surface area contributed by atoms with Crippen molar-refractivity contribution in [2.45, 2.75) is 39.3 Å². The van der Waals surface area contributed by atoms with E-state index in [-0.39, 0.29) is 12.1 Å². The molecule has 7 heteroatoms. The van der Waals surface area contributed by atoms with Gasteiger partial charge in [-0.3, -0.25) is 4.98 Å². The lowest BCUT2D eigenvalue weighted by atomic mass is 9.91. The van der Waals surface area contributed by atoms with E-state index in [4.69, 9.17) is 28.2 Å². The molecule has 5 rings (SSSR count). The van der Waals surface area contributed by atoms with Crippen LogP contribution in [0, 0.1) is 18.8 Å². The van der Waals surface area contributed by atoms with Gasteiger partial charge in [0.25, 0.3) is 0 Å². The number of aromatic nitrogens is 1. The first kappa shape index (κ1) is 22.2. The number of nitrogens with one attached hydrogen (secondary N) is 1. The average molecular weight is 481 g/mol. The van der Waals surface area contributed by atoms with Crippen molar-refractivity contribution in [3.63, 3.8) is 0 Å². The number of piperidine rings is 1. The maximum absolute atomic E-state index is 6.87. The molecule has 1 N–H and O–H groups in total. The number of halogens is 1. The molecule has 1 aromatic carbocycles. The van der Waals surface area contributed by atoms with Crippen LogP contribution in [-0.4, -0.2) is 23.2 Å². The number of hydrogen-bond donors (Lipinski definition) is 1. The Morgan fingerprint density at radius 3 is 2.52 bits per heavy atom. The minimum Gasteiger partial charge on any atom is -0.464 e. The third-order valence-corrected chi connectivity index (χ3v) is 7.19. The number of pyridine rings is 1. The number of aryl methyl sites for hydroxylation is 1. The highest BCUT2D eigenvalue weighted by Crippen LogP contribution is 2.43. The van der Waals surface area contributed by atoms with Gasteiger partial charge in [-0.25, -0.2) is 0 Å². The lowest BCUT2D eigenvalue weighted by Gasteiger charge is -2.37. The van der Waals surface area contributed by atoms with E-state index in [1.54, 1.807) is 6.20 Å². The second-order valence-corrected chi connectivity index (χ2v) is 10.2. The van der Waals surface area contributed by atoms with E-state index in [0.29, 0.717) is 16.9 Å². The molecular weight excluding hydrogens is 452 g/mol. The second kappa shape index (κ2) is 8.99. The molecule has 5 nitrogen and oxygen atoms in total. The van der Waals surface area contributed by atoms with E-state index in [1.165, 1.54) is 6.42 Å². The monoisotopic (exact) mass is 480 g/mol. The largest absolute Gasteiger partial charge is 0.464 e. The summed E-state index contributed by atoms with van der Waals surface area (Å²) < 4.78 is 6.08. The molecule has 2 saturated heterocycles. The molecule has 172 valence electrons. The van der Waals surface area contributed by atoms with Crippen molar-refractivity contribution in [1.29, 1.82) is 0 Å². The van der Waals surface area contributed by atoms with Crippen LogP contribution in [0.25, 0.3) is 0 Å². The number of hydrogen-bond acceptors (Lipinski definition) is 4. The van der Waals surface area contributed by atoms with E-state index >= 15 is 0 Å². The van der Waals surface area contributed by atoms with Crippen molar-refractivity contribution in [2.24, 2.45) is 11.8 Å². The summed E-state index contributed by atoms with van der Waals surface area (Å²) in [5.41, 5.74) is 2.95. The normalized spacial score (nSPS) is 25.4. The van der Waals surface area contributed by atoms with Crippen molar-refractivity contribution in [3.8, 4) is 0 Å². The molecule has 0 bridgehead atoms. The Bertz CT molecular complexity index is 1140. The molecule has 3 aromatic rings. The summed E-state index contributed by atoms with van der Waals surface area (Å²) in [6.07, 6.45) is 3.07. The molecule has 33 heavy (non-hydrogen) atoms. The van der Waals surface area contributed by atoms with Gasteiger partial charge in [0.2, 0.25) is 0 Å². The first-order valence-corrected chi connectivity index (χ1v) is 12.3. The van der Waals surface area contributed by atoms with Crippen molar-refractivity contribution in [2.75, 3.05) is 22.9 Å². The van der Waals surface area contributed by atoms with Gasteiger partial charge in [0, 0.05) is 25.0 Å². The topological polar surface area (TPSA) is 44.5 Å². The standard InChI is InChI=1S/C26H29ClN4OS/c1-16-12-17(2)15-30(14-16)22-9-8-19(13-20(22)27)31-25(23-10-7-18(3)32-23)24(29-26(31)33)21-6-4-5-11-28-21/h4-11,13,16-17,24-25H,12,14-15H2,1-3H3,(H,29,33)/t16-,17+,24-,25+/m0/s1. The smallest absolute Gasteiger partial charge is 0.174 e. The van der Waals surface area contributed by atoms with Gasteiger partial charge in [-0.2, -0.15) is 0 Å². The van der Waals surface area contributed by atoms with Gasteiger partial charge < -0.3 is 19.5 Å². The predicted octanol–water partition coefficient (Wildman–Crippen LogP) is 6.30. The van der Waals surface area contributed by atoms with E-state index < -0.39 is 0 Å². The molecule has 0 unspecified atom stereocenters. The van der Waals surface area contributed by atoms with E-state index in [0.717, 1.165) is 46.7 Å². The summed E-state index contributed by atoms with van der Waals surface area (Å²) in [6.45, 7) is 8.64. The molecule has 2 aliphatic heterocycles. The summed E-state index contributed by atoms with van der Waals surface area (Å²) in [5, 5.41) is 4.84. The van der Waals surface area contributed by atoms with Gasteiger partial charge >= 0.3 is 0 Å². The minimum absolute atomic E-state index is 0.133. The lowest BCUT2D eigenvalue weighted by molar-refractivity contribution is 0.357. The third-order valence-electron chi connectivity index (χ3n) is 6.57. The van der Waals surface area contributed by atoms with Crippen molar-refractivity contribution in [1.82, 2.24) is 10.3 Å². The zero-order valence-corrected chi connectivity index (χ0v) is 20.7. The van der Waals surface area contributed by atoms with Crippen LogP contribution in [0.1, 0.15) is 49.6 Å². The maximum atomic E-state index is 6.87. The third kappa shape index (κ3) is 4.34. The quantitative estimate of drug-likeness (QED) is 0.442. The molecule has 2 aliphatic rings. The van der Waals surface area contributed by atoms with E-state index in [9.17, 15) is 0 Å². The van der Waals surface area contributed by atoms with Gasteiger partial charge in [-0.15, -0.1) is 0 Å². The SMILES string of the molecule is Cc1ccc([C@@H]2[C@H](c3ccccn3)NC(=S)N2c2ccc(N3C[C@H](C)C[C@H](C)C3)c(Cl)c2)o1. The summed E-state index contributed by atoms with van der Waals surface area (Å²) in [7, 11) is 0. The van der Waals surface area contributed by atoms with E-state index in [1.807, 2.05) is 43.3 Å². The number of benzene rings is 1. The van der Waals surface area contributed by atoms with Gasteiger partial charge in [-0.1, -0.05) is 31.5 Å². The molecule has 0 amide bonds. The molecule has 0 aliphatic carbocycles. The van der Waals surface area contributed by atoms with Crippen LogP contribution in [0.2, 0.25) is 5.02 Å². The molecule has 2 aromatic heterocycles. The Kier molecular flexibility index (Phi) is 6.06. The zero-order valence-electron chi connectivity index (χ0n) is 19.2. The number of thiocarbonyl (C=S) groups is 1. The fourth-order valence-electron chi connectivity index (χ4n) is 5.30. The van der Waals surface area contributed by atoms with Crippen LogP contribution in [0.4, 0.5) is 11.4 Å². The Hall–Kier alpha value is -2.57. The Morgan fingerprint density at radius 2 is 1.88 bits per heavy atom. The predicted molar refractivity (Wildman–Crippen MR) is 138 cm³/mol. The summed E-state index contributed by atoms with van der Waals surface area (Å²) in [6, 6.07) is 15.9. The molecule has 0 spiro atoms. The van der Waals surface area contributed by atoms with Crippen molar-refractivity contribution < 1.29 is 4.42 Å². The van der Waals surface area contributed by atoms with Gasteiger partial charge in [0.15, 0.2) is 5.11 Å². The number of furan rings is 1. The fraction of sp³-hybridized carbons (Fsp3) is 0.385. The summed E-state index contributed by atoms with van der Waals surface area (Å²) in [5.74, 6) is 3.02. The highest BCUT2D eigenvalue weighted by Gasteiger charge is 2.42. The second-order valence-electron chi connectivity index (χ2n) is 9.43. The highest BCUT2D eigenvalue weighted by molar-refractivity contribution is 7.80. The minimum atomic E-state index is -0.168. The van der Waals surface area contributed by atoms with Gasteiger partial charge in [0.1, 0.15) is 17.6 Å². The molecule has 0 saturated carbocycles. The van der Waals surface area contributed by atoms with E-state index in [2.05, 4.69) is 46.1 Å². The highest BCUT2D eigenvalue weighted by atomic mass is 35.5. The Labute approximate surface area is 205 Å². The summed E-state index contributed by atoms with van der Waals surface area (Å²) >= 11 is 12.7. The van der Waals surface area contributed by atoms with Crippen LogP contribution >= 0.6 is 23.8 Å². The molecule has 2 fully saturated rings. The first-order valence-electron chi connectivity index (χ1n) is 11.5. The lowest BCUT2D eigenvalue weighted by Crippen LogP contribution is -2.38. The summed E-state index contributed by atoms with van der Waals surface area (Å²) in [4.78, 5) is 9.10. The van der Waals surface area contributed by atoms with Gasteiger partial charge in [-0.05, 0) is 79.9 Å². The number of anilines is 2. The number of nitrogens with zero attached hydrogens (tertiary/aromatic N) is 3. The molecule has 0 radical (unpaired) electrons. The van der Waals surface area contributed by atoms with Crippen LogP contribution in [0.5, 0.6) is 0 Å². The van der Waals surface area contributed by atoms with Crippen molar-refractivity contribution >= 4 is 40.3 Å². The first-order chi connectivity index (χ1) is 15.9.